The predicted octanol–water partition coefficient (Wildman–Crippen LogP) is 6.71. The van der Waals surface area contributed by atoms with E-state index in [-0.39, 0.29) is 5.91 Å². The summed E-state index contributed by atoms with van der Waals surface area (Å²) in [4.78, 5) is 31.6. The van der Waals surface area contributed by atoms with E-state index in [1.54, 1.807) is 41.3 Å². The first-order valence-corrected chi connectivity index (χ1v) is 12.9. The highest BCUT2D eigenvalue weighted by atomic mass is 19.1. The van der Waals surface area contributed by atoms with E-state index in [0.717, 1.165) is 33.8 Å². The van der Waals surface area contributed by atoms with Gasteiger partial charge in [0.05, 0.1) is 17.6 Å². The second-order valence-electron chi connectivity index (χ2n) is 10.0. The number of aromatic nitrogens is 1. The van der Waals surface area contributed by atoms with Crippen LogP contribution in [0.5, 0.6) is 0 Å². The summed E-state index contributed by atoms with van der Waals surface area (Å²) in [5, 5.41) is 1.04. The average Bonchev–Trinajstić information content (AvgIpc) is 3.49. The predicted molar refractivity (Wildman–Crippen MR) is 146 cm³/mol. The van der Waals surface area contributed by atoms with Crippen molar-refractivity contribution in [2.45, 2.75) is 18.5 Å². The molecule has 0 bridgehead atoms. The monoisotopic (exact) mass is 532 g/mol. The smallest absolute Gasteiger partial charge is 0.343 e. The van der Waals surface area contributed by atoms with Crippen molar-refractivity contribution in [3.8, 4) is 11.1 Å². The molecule has 40 heavy (non-hydrogen) atoms. The maximum Gasteiger partial charge on any atom is 0.343 e. The molecule has 2 aliphatic heterocycles. The molecule has 5 nitrogen and oxygen atoms in total. The molecule has 2 atom stereocenters. The van der Waals surface area contributed by atoms with Crippen LogP contribution in [0.3, 0.4) is 0 Å². The molecule has 7 rings (SSSR count). The number of carbonyl (C=O) groups excluding carboxylic acids is 2. The van der Waals surface area contributed by atoms with Crippen LogP contribution in [0.15, 0.2) is 109 Å². The van der Waals surface area contributed by atoms with Crippen LogP contribution in [-0.4, -0.2) is 27.8 Å². The summed E-state index contributed by atoms with van der Waals surface area (Å²) >= 11 is 0. The number of esters is 1. The van der Waals surface area contributed by atoms with Gasteiger partial charge in [-0.2, -0.15) is 0 Å². The molecule has 2 aliphatic rings. The molecule has 7 heteroatoms. The molecule has 3 heterocycles. The first-order valence-electron chi connectivity index (χ1n) is 12.9. The fourth-order valence-corrected chi connectivity index (χ4v) is 5.84. The highest BCUT2D eigenvalue weighted by molar-refractivity contribution is 5.96. The van der Waals surface area contributed by atoms with E-state index >= 15 is 0 Å². The molecule has 0 saturated heterocycles. The van der Waals surface area contributed by atoms with Gasteiger partial charge < -0.3 is 14.6 Å². The van der Waals surface area contributed by atoms with Crippen molar-refractivity contribution in [3.05, 3.63) is 143 Å². The molecule has 1 N–H and O–H groups in total. The highest BCUT2D eigenvalue weighted by Gasteiger charge is 2.46. The van der Waals surface area contributed by atoms with Gasteiger partial charge in [0.1, 0.15) is 17.4 Å². The number of ether oxygens (including phenoxy) is 1. The molecule has 1 aromatic heterocycles. The third kappa shape index (κ3) is 3.98. The Kier molecular flexibility index (Phi) is 5.59. The van der Waals surface area contributed by atoms with E-state index in [1.807, 2.05) is 42.5 Å². The fraction of sp³-hybridized carbons (Fsp3) is 0.0909. The summed E-state index contributed by atoms with van der Waals surface area (Å²) in [6.45, 7) is 0. The molecule has 0 fully saturated rings. The Morgan fingerprint density at radius 2 is 1.55 bits per heavy atom. The van der Waals surface area contributed by atoms with Crippen LogP contribution in [0.2, 0.25) is 0 Å². The van der Waals surface area contributed by atoms with Gasteiger partial charge in [0.15, 0.2) is 0 Å². The Bertz CT molecular complexity index is 1810. The van der Waals surface area contributed by atoms with Crippen LogP contribution < -0.4 is 0 Å². The number of benzene rings is 4. The number of fused-ring (bicyclic) bond motifs is 4. The number of nitrogens with zero attached hydrogens (tertiary/aromatic N) is 1. The standard InChI is InChI=1S/C33H22F2N2O3/c34-23-14-22(15-24(35)16-23)19-10-12-20(13-11-19)32-31-26(25-8-4-5-9-27(25)36-31)17-28-29(18-30(38)37(28)32)40-33(39)21-6-2-1-3-7-21/h1-16,18,28,32,36H,17H2/t28-,32+/m0/s1. The number of para-hydroxylation sites is 1. The van der Waals surface area contributed by atoms with Crippen LogP contribution in [0, 0.1) is 11.6 Å². The van der Waals surface area contributed by atoms with Gasteiger partial charge in [-0.15, -0.1) is 0 Å². The molecule has 0 saturated carbocycles. The van der Waals surface area contributed by atoms with E-state index < -0.39 is 29.7 Å². The average molecular weight is 533 g/mol. The van der Waals surface area contributed by atoms with E-state index in [9.17, 15) is 18.4 Å². The highest BCUT2D eigenvalue weighted by Crippen LogP contribution is 2.45. The normalized spacial score (nSPS) is 17.9. The first kappa shape index (κ1) is 24.0. The maximum atomic E-state index is 13.8. The Labute approximate surface area is 228 Å². The minimum Gasteiger partial charge on any atom is -0.425 e. The summed E-state index contributed by atoms with van der Waals surface area (Å²) in [5.41, 5.74) is 5.17. The van der Waals surface area contributed by atoms with Gasteiger partial charge in [0, 0.05) is 35.2 Å². The number of rotatable bonds is 4. The maximum absolute atomic E-state index is 13.8. The number of carbonyl (C=O) groups is 2. The lowest BCUT2D eigenvalue weighted by molar-refractivity contribution is -0.128. The molecule has 0 aliphatic carbocycles. The lowest BCUT2D eigenvalue weighted by atomic mass is 9.88. The molecule has 5 aromatic rings. The molecular weight excluding hydrogens is 510 g/mol. The number of halogens is 2. The molecule has 0 unspecified atom stereocenters. The van der Waals surface area contributed by atoms with Gasteiger partial charge in [-0.1, -0.05) is 60.7 Å². The number of hydrogen-bond acceptors (Lipinski definition) is 3. The third-order valence-electron chi connectivity index (χ3n) is 7.62. The number of H-pyrrole nitrogens is 1. The summed E-state index contributed by atoms with van der Waals surface area (Å²) in [7, 11) is 0. The number of aromatic amines is 1. The molecule has 0 spiro atoms. The SMILES string of the molecule is O=C(OC1=CC(=O)N2[C@H](c3ccc(-c4cc(F)cc(F)c4)cc3)c3[nH]c4ccccc4c3C[C@@H]12)c1ccccc1. The van der Waals surface area contributed by atoms with Gasteiger partial charge in [0.25, 0.3) is 5.91 Å². The van der Waals surface area contributed by atoms with Crippen LogP contribution >= 0.6 is 0 Å². The summed E-state index contributed by atoms with van der Waals surface area (Å²) in [5.74, 6) is -1.76. The van der Waals surface area contributed by atoms with Crippen molar-refractivity contribution >= 4 is 22.8 Å². The molecular formula is C33H22F2N2O3. The molecule has 196 valence electrons. The van der Waals surface area contributed by atoms with E-state index in [4.69, 9.17) is 4.74 Å². The van der Waals surface area contributed by atoms with Crippen LogP contribution in [0.1, 0.15) is 33.2 Å². The summed E-state index contributed by atoms with van der Waals surface area (Å²) < 4.78 is 33.5. The minimum atomic E-state index is -0.650. The first-order chi connectivity index (χ1) is 19.5. The Morgan fingerprint density at radius 1 is 0.850 bits per heavy atom. The minimum absolute atomic E-state index is 0.258. The molecule has 0 radical (unpaired) electrons. The fourth-order valence-electron chi connectivity index (χ4n) is 5.84. The van der Waals surface area contributed by atoms with E-state index in [0.29, 0.717) is 28.9 Å². The number of hydrogen-bond donors (Lipinski definition) is 1. The van der Waals surface area contributed by atoms with Crippen molar-refractivity contribution in [3.63, 3.8) is 0 Å². The second-order valence-corrected chi connectivity index (χ2v) is 10.0. The van der Waals surface area contributed by atoms with Crippen LogP contribution in [0.4, 0.5) is 8.78 Å². The van der Waals surface area contributed by atoms with Gasteiger partial charge in [0.2, 0.25) is 0 Å². The van der Waals surface area contributed by atoms with Crippen molar-refractivity contribution in [1.82, 2.24) is 9.88 Å². The summed E-state index contributed by atoms with van der Waals surface area (Å²) in [6, 6.07) is 26.4. The lowest BCUT2D eigenvalue weighted by Gasteiger charge is -2.39. The van der Waals surface area contributed by atoms with Crippen molar-refractivity contribution in [1.29, 1.82) is 0 Å². The Hall–Kier alpha value is -5.04. The van der Waals surface area contributed by atoms with Crippen LogP contribution in [-0.2, 0) is 16.0 Å². The van der Waals surface area contributed by atoms with Crippen LogP contribution in [0.25, 0.3) is 22.0 Å². The number of nitrogens with one attached hydrogen (secondary N) is 1. The Balaban J connectivity index is 1.30. The zero-order chi connectivity index (χ0) is 27.4. The lowest BCUT2D eigenvalue weighted by Crippen LogP contribution is -2.44. The van der Waals surface area contributed by atoms with Crippen molar-refractivity contribution < 1.29 is 23.1 Å². The van der Waals surface area contributed by atoms with E-state index in [2.05, 4.69) is 4.98 Å². The zero-order valence-electron chi connectivity index (χ0n) is 21.1. The van der Waals surface area contributed by atoms with Gasteiger partial charge in [-0.25, -0.2) is 13.6 Å². The third-order valence-corrected chi connectivity index (χ3v) is 7.62. The molecule has 4 aromatic carbocycles. The topological polar surface area (TPSA) is 62.4 Å². The molecule has 1 amide bonds. The zero-order valence-corrected chi connectivity index (χ0v) is 21.1. The van der Waals surface area contributed by atoms with Crippen molar-refractivity contribution in [2.75, 3.05) is 0 Å². The Morgan fingerprint density at radius 3 is 2.30 bits per heavy atom. The number of amides is 1. The van der Waals surface area contributed by atoms with Crippen molar-refractivity contribution in [2.24, 2.45) is 0 Å². The largest absolute Gasteiger partial charge is 0.425 e. The van der Waals surface area contributed by atoms with E-state index in [1.165, 1.54) is 18.2 Å². The van der Waals surface area contributed by atoms with Gasteiger partial charge >= 0.3 is 5.97 Å². The van der Waals surface area contributed by atoms with Gasteiger partial charge in [-0.05, 0) is 52.6 Å². The van der Waals surface area contributed by atoms with Gasteiger partial charge in [-0.3, -0.25) is 4.79 Å². The quantitative estimate of drug-likeness (QED) is 0.262. The summed E-state index contributed by atoms with van der Waals surface area (Å²) in [6.07, 6.45) is 1.88. The second kappa shape index (κ2) is 9.31.